The van der Waals surface area contributed by atoms with Gasteiger partial charge in [0.05, 0.1) is 13.2 Å². The molecule has 1 atom stereocenters. The van der Waals surface area contributed by atoms with E-state index in [1.54, 1.807) is 0 Å². The van der Waals surface area contributed by atoms with Crippen LogP contribution in [0.1, 0.15) is 0 Å². The number of piperazine rings is 1. The summed E-state index contributed by atoms with van der Waals surface area (Å²) in [6, 6.07) is 0. The monoisotopic (exact) mass is 243 g/mol. The third kappa shape index (κ3) is 3.38. The van der Waals surface area contributed by atoms with Gasteiger partial charge in [0.25, 0.3) is 5.91 Å². The minimum atomic E-state index is -0.312. The Kier molecular flexibility index (Phi) is 4.73. The molecule has 1 amide bonds. The predicted octanol–water partition coefficient (Wildman–Crippen LogP) is -1.89. The topological polar surface area (TPSA) is 65.0 Å². The van der Waals surface area contributed by atoms with Crippen LogP contribution in [0.3, 0.4) is 0 Å². The summed E-state index contributed by atoms with van der Waals surface area (Å²) in [5.41, 5.74) is 0. The van der Waals surface area contributed by atoms with Crippen molar-refractivity contribution in [3.05, 3.63) is 0 Å². The van der Waals surface area contributed by atoms with Crippen LogP contribution in [0.5, 0.6) is 0 Å². The third-order valence-corrected chi connectivity index (χ3v) is 3.30. The summed E-state index contributed by atoms with van der Waals surface area (Å²) in [4.78, 5) is 16.1. The number of amides is 1. The van der Waals surface area contributed by atoms with E-state index in [2.05, 4.69) is 10.2 Å². The number of aliphatic hydroxyl groups is 1. The lowest BCUT2D eigenvalue weighted by molar-refractivity contribution is -0.147. The Morgan fingerprint density at radius 2 is 2.12 bits per heavy atom. The van der Waals surface area contributed by atoms with Crippen molar-refractivity contribution in [2.24, 2.45) is 0 Å². The molecule has 0 aromatic rings. The average molecular weight is 243 g/mol. The lowest BCUT2D eigenvalue weighted by atomic mass is 10.2. The van der Waals surface area contributed by atoms with Gasteiger partial charge in [-0.2, -0.15) is 0 Å². The third-order valence-electron chi connectivity index (χ3n) is 3.30. The Balaban J connectivity index is 1.77. The molecular formula is C11H21N3O3. The summed E-state index contributed by atoms with van der Waals surface area (Å²) in [6.07, 6.45) is -0.312. The molecule has 2 rings (SSSR count). The Bertz CT molecular complexity index is 248. The highest BCUT2D eigenvalue weighted by atomic mass is 16.5. The number of carbonyl (C=O) groups excluding carboxylic acids is 1. The molecule has 98 valence electrons. The molecule has 2 fully saturated rings. The number of hydrogen-bond acceptors (Lipinski definition) is 5. The van der Waals surface area contributed by atoms with Crippen molar-refractivity contribution >= 4 is 5.91 Å². The second kappa shape index (κ2) is 6.30. The fourth-order valence-electron chi connectivity index (χ4n) is 2.26. The van der Waals surface area contributed by atoms with Gasteiger partial charge < -0.3 is 20.1 Å². The Morgan fingerprint density at radius 3 is 2.71 bits per heavy atom. The van der Waals surface area contributed by atoms with Crippen LogP contribution in [0.2, 0.25) is 0 Å². The van der Waals surface area contributed by atoms with Gasteiger partial charge in [-0.1, -0.05) is 0 Å². The van der Waals surface area contributed by atoms with E-state index in [1.165, 1.54) is 0 Å². The van der Waals surface area contributed by atoms with E-state index in [0.29, 0.717) is 19.7 Å². The van der Waals surface area contributed by atoms with Crippen molar-refractivity contribution in [1.82, 2.24) is 15.1 Å². The first-order valence-corrected chi connectivity index (χ1v) is 6.25. The van der Waals surface area contributed by atoms with Gasteiger partial charge in [-0.15, -0.1) is 0 Å². The van der Waals surface area contributed by atoms with Gasteiger partial charge in [-0.25, -0.2) is 0 Å². The van der Waals surface area contributed by atoms with Crippen molar-refractivity contribution in [3.8, 4) is 0 Å². The zero-order chi connectivity index (χ0) is 12.1. The number of nitrogens with zero attached hydrogens (tertiary/aromatic N) is 2. The van der Waals surface area contributed by atoms with E-state index in [4.69, 9.17) is 9.84 Å². The molecule has 6 nitrogen and oxygen atoms in total. The number of nitrogens with one attached hydrogen (secondary N) is 1. The first-order chi connectivity index (χ1) is 8.31. The second-order valence-corrected chi connectivity index (χ2v) is 4.45. The quantitative estimate of drug-likeness (QED) is 0.607. The molecule has 0 spiro atoms. The zero-order valence-electron chi connectivity index (χ0n) is 10.1. The standard InChI is InChI=1S/C11H21N3O3/c15-7-6-13-2-4-14(5-3-13)11(16)10-9-12-1-8-17-10/h10,12,15H,1-9H2/t10-/m1/s1. The number of carbonyl (C=O) groups is 1. The molecule has 0 aliphatic carbocycles. The maximum atomic E-state index is 12.1. The van der Waals surface area contributed by atoms with E-state index in [-0.39, 0.29) is 18.6 Å². The van der Waals surface area contributed by atoms with Gasteiger partial charge in [-0.3, -0.25) is 9.69 Å². The van der Waals surface area contributed by atoms with Crippen molar-refractivity contribution in [2.45, 2.75) is 6.10 Å². The normalized spacial score (nSPS) is 27.1. The van der Waals surface area contributed by atoms with Crippen molar-refractivity contribution in [3.63, 3.8) is 0 Å². The van der Waals surface area contributed by atoms with Crippen LogP contribution in [-0.2, 0) is 9.53 Å². The molecule has 17 heavy (non-hydrogen) atoms. The summed E-state index contributed by atoms with van der Waals surface area (Å²) in [5, 5.41) is 12.0. The van der Waals surface area contributed by atoms with Crippen LogP contribution in [0.25, 0.3) is 0 Å². The molecule has 2 aliphatic heterocycles. The Morgan fingerprint density at radius 1 is 1.35 bits per heavy atom. The summed E-state index contributed by atoms with van der Waals surface area (Å²) < 4.78 is 5.46. The van der Waals surface area contributed by atoms with Gasteiger partial charge in [0.15, 0.2) is 0 Å². The molecule has 0 radical (unpaired) electrons. The number of β-amino-alcohol motifs (C(OH)–C–C–N with tert-alkyl or cyclic N) is 1. The highest BCUT2D eigenvalue weighted by molar-refractivity contribution is 5.81. The van der Waals surface area contributed by atoms with Crippen LogP contribution >= 0.6 is 0 Å². The lowest BCUT2D eigenvalue weighted by Gasteiger charge is -2.36. The first-order valence-electron chi connectivity index (χ1n) is 6.25. The van der Waals surface area contributed by atoms with E-state index in [0.717, 1.165) is 32.7 Å². The molecule has 2 aliphatic rings. The molecule has 2 heterocycles. The summed E-state index contributed by atoms with van der Waals surface area (Å²) in [5.74, 6) is 0.0980. The van der Waals surface area contributed by atoms with Crippen LogP contribution in [0, 0.1) is 0 Å². The molecular weight excluding hydrogens is 222 g/mol. The molecule has 2 saturated heterocycles. The second-order valence-electron chi connectivity index (χ2n) is 4.45. The van der Waals surface area contributed by atoms with Crippen molar-refractivity contribution < 1.29 is 14.6 Å². The Labute approximate surface area is 102 Å². The van der Waals surface area contributed by atoms with E-state index >= 15 is 0 Å². The molecule has 0 aromatic heterocycles. The van der Waals surface area contributed by atoms with E-state index in [9.17, 15) is 4.79 Å². The number of rotatable bonds is 3. The maximum Gasteiger partial charge on any atom is 0.253 e. The smallest absolute Gasteiger partial charge is 0.253 e. The van der Waals surface area contributed by atoms with Crippen LogP contribution in [-0.4, -0.2) is 85.9 Å². The van der Waals surface area contributed by atoms with Gasteiger partial charge in [0.2, 0.25) is 0 Å². The molecule has 0 bridgehead atoms. The van der Waals surface area contributed by atoms with Crippen molar-refractivity contribution in [1.29, 1.82) is 0 Å². The number of hydrogen-bond donors (Lipinski definition) is 2. The van der Waals surface area contributed by atoms with E-state index in [1.807, 2.05) is 4.90 Å². The fraction of sp³-hybridized carbons (Fsp3) is 0.909. The largest absolute Gasteiger partial charge is 0.395 e. The molecule has 0 aromatic carbocycles. The highest BCUT2D eigenvalue weighted by Gasteiger charge is 2.28. The lowest BCUT2D eigenvalue weighted by Crippen LogP contribution is -2.55. The molecule has 0 unspecified atom stereocenters. The van der Waals surface area contributed by atoms with Gasteiger partial charge >= 0.3 is 0 Å². The number of morpholine rings is 1. The zero-order valence-corrected chi connectivity index (χ0v) is 10.1. The molecule has 2 N–H and O–H groups in total. The van der Waals surface area contributed by atoms with Crippen LogP contribution in [0.4, 0.5) is 0 Å². The summed E-state index contributed by atoms with van der Waals surface area (Å²) >= 11 is 0. The van der Waals surface area contributed by atoms with Crippen LogP contribution < -0.4 is 5.32 Å². The summed E-state index contributed by atoms with van der Waals surface area (Å²) in [6.45, 7) is 6.09. The van der Waals surface area contributed by atoms with Crippen LogP contribution in [0.15, 0.2) is 0 Å². The van der Waals surface area contributed by atoms with Gasteiger partial charge in [0.1, 0.15) is 6.10 Å². The maximum absolute atomic E-state index is 12.1. The molecule has 0 saturated carbocycles. The van der Waals surface area contributed by atoms with E-state index < -0.39 is 0 Å². The van der Waals surface area contributed by atoms with Crippen molar-refractivity contribution in [2.75, 3.05) is 59.0 Å². The minimum absolute atomic E-state index is 0.0980. The number of aliphatic hydroxyl groups excluding tert-OH is 1. The molecule has 6 heteroatoms. The highest BCUT2D eigenvalue weighted by Crippen LogP contribution is 2.07. The minimum Gasteiger partial charge on any atom is -0.395 e. The SMILES string of the molecule is O=C([C@H]1CNCCO1)N1CCN(CCO)CC1. The number of ether oxygens (including phenoxy) is 1. The Hall–Kier alpha value is -0.690. The van der Waals surface area contributed by atoms with Gasteiger partial charge in [-0.05, 0) is 0 Å². The predicted molar refractivity (Wildman–Crippen MR) is 62.7 cm³/mol. The first kappa shape index (κ1) is 12.8. The van der Waals surface area contributed by atoms with Gasteiger partial charge in [0, 0.05) is 45.8 Å². The average Bonchev–Trinajstić information content (AvgIpc) is 2.40. The summed E-state index contributed by atoms with van der Waals surface area (Å²) in [7, 11) is 0. The fourth-order valence-corrected chi connectivity index (χ4v) is 2.26.